The van der Waals surface area contributed by atoms with Crippen LogP contribution in [0.2, 0.25) is 0 Å². The molecule has 3 rings (SSSR count). The summed E-state index contributed by atoms with van der Waals surface area (Å²) in [6.45, 7) is 4.32. The van der Waals surface area contributed by atoms with Gasteiger partial charge in [-0.15, -0.1) is 0 Å². The van der Waals surface area contributed by atoms with E-state index in [0.717, 1.165) is 4.90 Å². The molecule has 1 aliphatic heterocycles. The monoisotopic (exact) mass is 424 g/mol. The van der Waals surface area contributed by atoms with Crippen LogP contribution in [0.15, 0.2) is 48.0 Å². The summed E-state index contributed by atoms with van der Waals surface area (Å²) in [5, 5.41) is 11.4. The van der Waals surface area contributed by atoms with Crippen LogP contribution in [0.4, 0.5) is 10.5 Å². The van der Waals surface area contributed by atoms with Crippen molar-refractivity contribution >= 4 is 35.6 Å². The van der Waals surface area contributed by atoms with Crippen LogP contribution in [0.5, 0.6) is 11.5 Å². The van der Waals surface area contributed by atoms with Gasteiger partial charge in [0.1, 0.15) is 17.1 Å². The lowest BCUT2D eigenvalue weighted by Crippen LogP contribution is -2.54. The molecule has 9 nitrogen and oxygen atoms in total. The number of aromatic carboxylic acids is 1. The molecule has 31 heavy (non-hydrogen) atoms. The number of hydrogen-bond acceptors (Lipinski definition) is 6. The van der Waals surface area contributed by atoms with Crippen LogP contribution in [0.3, 0.4) is 0 Å². The first-order valence-corrected chi connectivity index (χ1v) is 9.50. The van der Waals surface area contributed by atoms with E-state index in [9.17, 15) is 24.3 Å². The van der Waals surface area contributed by atoms with Gasteiger partial charge in [0.15, 0.2) is 0 Å². The zero-order chi connectivity index (χ0) is 22.5. The van der Waals surface area contributed by atoms with Crippen LogP contribution in [-0.4, -0.2) is 42.1 Å². The predicted octanol–water partition coefficient (Wildman–Crippen LogP) is 2.85. The summed E-state index contributed by atoms with van der Waals surface area (Å²) in [5.41, 5.74) is 0.0882. The molecule has 160 valence electrons. The number of hydrogen-bond donors (Lipinski definition) is 2. The third-order valence-corrected chi connectivity index (χ3v) is 4.36. The van der Waals surface area contributed by atoms with Gasteiger partial charge in [-0.25, -0.2) is 14.5 Å². The summed E-state index contributed by atoms with van der Waals surface area (Å²) in [4.78, 5) is 49.9. The fourth-order valence-electron chi connectivity index (χ4n) is 2.99. The highest BCUT2D eigenvalue weighted by molar-refractivity contribution is 6.39. The van der Waals surface area contributed by atoms with Crippen molar-refractivity contribution in [2.24, 2.45) is 0 Å². The number of rotatable bonds is 7. The first kappa shape index (κ1) is 21.6. The molecule has 0 bridgehead atoms. The minimum absolute atomic E-state index is 0.0431. The van der Waals surface area contributed by atoms with E-state index in [2.05, 4.69) is 5.32 Å². The van der Waals surface area contributed by atoms with Gasteiger partial charge in [-0.1, -0.05) is 0 Å². The topological polar surface area (TPSA) is 122 Å². The number of barbiturate groups is 1. The van der Waals surface area contributed by atoms with Crippen LogP contribution in [0.25, 0.3) is 6.08 Å². The van der Waals surface area contributed by atoms with Gasteiger partial charge in [0.2, 0.25) is 0 Å². The van der Waals surface area contributed by atoms with E-state index in [4.69, 9.17) is 9.47 Å². The molecular formula is C22H20N2O7. The van der Waals surface area contributed by atoms with E-state index in [1.165, 1.54) is 36.4 Å². The summed E-state index contributed by atoms with van der Waals surface area (Å²) in [6, 6.07) is 9.44. The van der Waals surface area contributed by atoms with Gasteiger partial charge in [-0.05, 0) is 62.4 Å². The Morgan fingerprint density at radius 3 is 2.32 bits per heavy atom. The molecule has 1 aliphatic rings. The summed E-state index contributed by atoms with van der Waals surface area (Å²) < 4.78 is 10.8. The zero-order valence-corrected chi connectivity index (χ0v) is 16.9. The molecule has 0 aromatic heterocycles. The molecule has 1 fully saturated rings. The molecule has 0 radical (unpaired) electrons. The summed E-state index contributed by atoms with van der Waals surface area (Å²) in [5.74, 6) is -2.05. The molecule has 0 saturated carbocycles. The van der Waals surface area contributed by atoms with Crippen LogP contribution in [-0.2, 0) is 9.59 Å². The lowest BCUT2D eigenvalue weighted by Gasteiger charge is -2.26. The van der Waals surface area contributed by atoms with Gasteiger partial charge in [-0.2, -0.15) is 0 Å². The number of nitrogens with one attached hydrogen (secondary N) is 1. The van der Waals surface area contributed by atoms with Crippen molar-refractivity contribution in [2.45, 2.75) is 13.8 Å². The van der Waals surface area contributed by atoms with Crippen molar-refractivity contribution in [1.29, 1.82) is 0 Å². The standard InChI is InChI=1S/C22H20N2O7/c1-3-30-16-8-6-15(7-9-16)24-20(26)17(19(25)23-22(24)29)12-14-11-13(21(27)28)5-10-18(14)31-4-2/h5-12H,3-4H2,1-2H3,(H,27,28)(H,23,25,29)/b17-12-. The quantitative estimate of drug-likeness (QED) is 0.518. The van der Waals surface area contributed by atoms with Gasteiger partial charge in [0.25, 0.3) is 11.8 Å². The SMILES string of the molecule is CCOc1ccc(N2C(=O)NC(=O)/C(=C/c3cc(C(=O)O)ccc3OCC)C2=O)cc1. The molecule has 0 unspecified atom stereocenters. The Kier molecular flexibility index (Phi) is 6.35. The zero-order valence-electron chi connectivity index (χ0n) is 16.9. The first-order valence-electron chi connectivity index (χ1n) is 9.50. The fraction of sp³-hybridized carbons (Fsp3) is 0.182. The summed E-state index contributed by atoms with van der Waals surface area (Å²) >= 11 is 0. The van der Waals surface area contributed by atoms with E-state index in [1.807, 2.05) is 6.92 Å². The first-order chi connectivity index (χ1) is 14.8. The predicted molar refractivity (Wildman–Crippen MR) is 111 cm³/mol. The van der Waals surface area contributed by atoms with E-state index in [0.29, 0.717) is 24.7 Å². The lowest BCUT2D eigenvalue weighted by atomic mass is 10.0. The van der Waals surface area contributed by atoms with Crippen LogP contribution >= 0.6 is 0 Å². The number of imide groups is 2. The molecule has 0 atom stereocenters. The van der Waals surface area contributed by atoms with E-state index >= 15 is 0 Å². The van der Waals surface area contributed by atoms with Crippen molar-refractivity contribution in [3.63, 3.8) is 0 Å². The second-order valence-corrected chi connectivity index (χ2v) is 6.38. The van der Waals surface area contributed by atoms with Gasteiger partial charge < -0.3 is 14.6 Å². The third kappa shape index (κ3) is 4.55. The number of nitrogens with zero attached hydrogens (tertiary/aromatic N) is 1. The average molecular weight is 424 g/mol. The Morgan fingerprint density at radius 1 is 1.03 bits per heavy atom. The van der Waals surface area contributed by atoms with E-state index < -0.39 is 23.8 Å². The molecule has 0 spiro atoms. The highest BCUT2D eigenvalue weighted by Crippen LogP contribution is 2.27. The van der Waals surface area contributed by atoms with Crippen molar-refractivity contribution in [3.8, 4) is 11.5 Å². The minimum Gasteiger partial charge on any atom is -0.494 e. The van der Waals surface area contributed by atoms with Crippen LogP contribution in [0.1, 0.15) is 29.8 Å². The molecule has 2 aromatic carbocycles. The maximum atomic E-state index is 13.0. The van der Waals surface area contributed by atoms with Crippen LogP contribution < -0.4 is 19.7 Å². The smallest absolute Gasteiger partial charge is 0.335 e. The third-order valence-electron chi connectivity index (χ3n) is 4.36. The number of carboxylic acids is 1. The highest BCUT2D eigenvalue weighted by atomic mass is 16.5. The Balaban J connectivity index is 2.02. The van der Waals surface area contributed by atoms with Crippen molar-refractivity contribution in [2.75, 3.05) is 18.1 Å². The summed E-state index contributed by atoms with van der Waals surface area (Å²) in [7, 11) is 0. The van der Waals surface area contributed by atoms with Crippen LogP contribution in [0, 0.1) is 0 Å². The van der Waals surface area contributed by atoms with Gasteiger partial charge in [0.05, 0.1) is 24.5 Å². The molecule has 2 N–H and O–H groups in total. The molecule has 0 aliphatic carbocycles. The number of ether oxygens (including phenoxy) is 2. The Bertz CT molecular complexity index is 1070. The average Bonchev–Trinajstić information content (AvgIpc) is 2.73. The highest BCUT2D eigenvalue weighted by Gasteiger charge is 2.37. The normalized spacial score (nSPS) is 15.1. The van der Waals surface area contributed by atoms with E-state index in [-0.39, 0.29) is 22.4 Å². The van der Waals surface area contributed by atoms with Gasteiger partial charge >= 0.3 is 12.0 Å². The number of anilines is 1. The summed E-state index contributed by atoms with van der Waals surface area (Å²) in [6.07, 6.45) is 1.21. The second-order valence-electron chi connectivity index (χ2n) is 6.38. The second kappa shape index (κ2) is 9.12. The molecule has 2 aromatic rings. The number of carboxylic acid groups (broad SMARTS) is 1. The van der Waals surface area contributed by atoms with Crippen molar-refractivity contribution in [3.05, 3.63) is 59.2 Å². The maximum absolute atomic E-state index is 13.0. The molecule has 1 saturated heterocycles. The van der Waals surface area contributed by atoms with Gasteiger partial charge in [0, 0.05) is 5.56 Å². The number of urea groups is 1. The fourth-order valence-corrected chi connectivity index (χ4v) is 2.99. The number of amides is 4. The molecular weight excluding hydrogens is 404 g/mol. The minimum atomic E-state index is -1.17. The molecule has 4 amide bonds. The number of carbonyl (C=O) groups is 4. The molecule has 9 heteroatoms. The number of benzene rings is 2. The Hall–Kier alpha value is -4.14. The number of carbonyl (C=O) groups excluding carboxylic acids is 3. The van der Waals surface area contributed by atoms with Crippen molar-refractivity contribution in [1.82, 2.24) is 5.32 Å². The Morgan fingerprint density at radius 2 is 1.71 bits per heavy atom. The maximum Gasteiger partial charge on any atom is 0.335 e. The van der Waals surface area contributed by atoms with Crippen molar-refractivity contribution < 1.29 is 33.8 Å². The lowest BCUT2D eigenvalue weighted by molar-refractivity contribution is -0.122. The van der Waals surface area contributed by atoms with Gasteiger partial charge in [-0.3, -0.25) is 14.9 Å². The Labute approximate surface area is 177 Å². The van der Waals surface area contributed by atoms with E-state index in [1.54, 1.807) is 19.1 Å². The molecule has 1 heterocycles. The largest absolute Gasteiger partial charge is 0.494 e.